The van der Waals surface area contributed by atoms with Gasteiger partial charge >= 0.3 is 13.8 Å². The summed E-state index contributed by atoms with van der Waals surface area (Å²) in [5, 5.41) is 9.53. The van der Waals surface area contributed by atoms with Crippen LogP contribution in [0.2, 0.25) is 0 Å². The lowest BCUT2D eigenvalue weighted by Crippen LogP contribution is -2.13. The molecule has 0 atom stereocenters. The Hall–Kier alpha value is -0.670. The van der Waals surface area contributed by atoms with Gasteiger partial charge in [-0.15, -0.1) is 0 Å². The normalized spacial score (nSPS) is 8.50. The van der Waals surface area contributed by atoms with Crippen molar-refractivity contribution in [1.29, 1.82) is 0 Å². The summed E-state index contributed by atoms with van der Waals surface area (Å²) >= 11 is 0. The molecule has 0 aliphatic rings. The maximum atomic E-state index is 9.57. The van der Waals surface area contributed by atoms with Crippen LogP contribution < -0.4 is 5.09 Å². The van der Waals surface area contributed by atoms with E-state index in [1.165, 1.54) is 0 Å². The summed E-state index contributed by atoms with van der Waals surface area (Å²) < 4.78 is 19.1. The van der Waals surface area contributed by atoms with Crippen LogP contribution in [0.5, 0.6) is 0 Å². The Balaban J connectivity index is 3.32. The Bertz CT molecular complexity index is 142. The molecule has 0 aromatic carbocycles. The Morgan fingerprint density at radius 1 is 1.62 bits per heavy atom. The zero-order chi connectivity index (χ0) is 6.57. The first-order valence-electron chi connectivity index (χ1n) is 1.72. The van der Waals surface area contributed by atoms with Crippen molar-refractivity contribution in [1.82, 2.24) is 5.09 Å². The van der Waals surface area contributed by atoms with Crippen LogP contribution in [0.25, 0.3) is 0 Å². The molecule has 2 N–H and O–H groups in total. The Morgan fingerprint density at radius 3 is 2.25 bits per heavy atom. The van der Waals surface area contributed by atoms with Crippen molar-refractivity contribution >= 4 is 13.8 Å². The van der Waals surface area contributed by atoms with Crippen LogP contribution in [-0.2, 0) is 13.9 Å². The molecule has 5 nitrogen and oxygen atoms in total. The van der Waals surface area contributed by atoms with E-state index in [1.54, 1.807) is 5.09 Å². The van der Waals surface area contributed by atoms with Gasteiger partial charge in [0.2, 0.25) is 0 Å². The molecule has 0 amide bonds. The topological polar surface area (TPSA) is 83.5 Å². The number of aliphatic carboxylic acids is 1. The molecule has 0 aromatic heterocycles. The van der Waals surface area contributed by atoms with Gasteiger partial charge in [-0.3, -0.25) is 4.79 Å². The third-order valence-corrected chi connectivity index (χ3v) is 0.776. The third-order valence-electron chi connectivity index (χ3n) is 0.359. The number of rotatable bonds is 3. The molecule has 0 saturated carbocycles. The fraction of sp³-hybridized carbons (Fsp3) is 0.500. The zero-order valence-corrected chi connectivity index (χ0v) is 4.72. The molecular weight excluding hydrogens is 133 g/mol. The molecule has 0 rings (SSSR count). The first-order chi connectivity index (χ1) is 3.63. The fourth-order valence-electron chi connectivity index (χ4n) is 0.132. The number of hydrogen-bond acceptors (Lipinski definition) is 3. The molecule has 0 spiro atoms. The maximum absolute atomic E-state index is 9.57. The highest BCUT2D eigenvalue weighted by atomic mass is 31.1. The highest BCUT2D eigenvalue weighted by molar-refractivity contribution is 7.28. The smallest absolute Gasteiger partial charge is 0.396 e. The van der Waals surface area contributed by atoms with Crippen LogP contribution in [0.15, 0.2) is 0 Å². The van der Waals surface area contributed by atoms with Crippen molar-refractivity contribution in [2.75, 3.05) is 6.54 Å². The van der Waals surface area contributed by atoms with Gasteiger partial charge in [-0.1, -0.05) is 0 Å². The first-order valence-corrected chi connectivity index (χ1v) is 2.90. The molecule has 0 saturated heterocycles. The standard InChI is InChI=1S/C2H4NO4P/c4-2(5)1-3-8(6)7/h1H2,(H,4,5)(H,3,6,7). The molecule has 0 aliphatic heterocycles. The average molecular weight is 137 g/mol. The minimum absolute atomic E-state index is 0.543. The zero-order valence-electron chi connectivity index (χ0n) is 3.83. The van der Waals surface area contributed by atoms with Crippen molar-refractivity contribution in [3.8, 4) is 0 Å². The maximum Gasteiger partial charge on any atom is 0.396 e. The highest BCUT2D eigenvalue weighted by Crippen LogP contribution is 1.89. The van der Waals surface area contributed by atoms with Gasteiger partial charge in [0.15, 0.2) is 0 Å². The van der Waals surface area contributed by atoms with Gasteiger partial charge in [0.05, 0.1) is 0 Å². The van der Waals surface area contributed by atoms with Gasteiger partial charge in [0, 0.05) is 0 Å². The fourth-order valence-corrected chi connectivity index (χ4v) is 0.397. The van der Waals surface area contributed by atoms with Gasteiger partial charge in [-0.2, -0.15) is 5.09 Å². The molecule has 46 valence electrons. The van der Waals surface area contributed by atoms with Crippen LogP contribution in [0.3, 0.4) is 0 Å². The second-order valence-corrected chi connectivity index (χ2v) is 1.82. The van der Waals surface area contributed by atoms with E-state index >= 15 is 0 Å². The number of nitrogens with one attached hydrogen (secondary N) is 1. The Labute approximate surface area is 45.6 Å². The molecule has 0 aromatic rings. The SMILES string of the molecule is O=C(O)CNP(=O)=O. The molecule has 0 aliphatic carbocycles. The van der Waals surface area contributed by atoms with Crippen LogP contribution >= 0.6 is 7.83 Å². The number of carboxylic acid groups (broad SMARTS) is 1. The molecule has 8 heavy (non-hydrogen) atoms. The van der Waals surface area contributed by atoms with Gasteiger partial charge in [0.1, 0.15) is 6.54 Å². The lowest BCUT2D eigenvalue weighted by atomic mass is 10.7. The summed E-state index contributed by atoms with van der Waals surface area (Å²) in [5.41, 5.74) is 0. The van der Waals surface area contributed by atoms with Gasteiger partial charge < -0.3 is 5.11 Å². The van der Waals surface area contributed by atoms with Gasteiger partial charge in [-0.25, -0.2) is 9.13 Å². The quantitative estimate of drug-likeness (QED) is 0.524. The van der Waals surface area contributed by atoms with E-state index in [1.807, 2.05) is 0 Å². The van der Waals surface area contributed by atoms with Crippen molar-refractivity contribution in [2.24, 2.45) is 0 Å². The monoisotopic (exact) mass is 137 g/mol. The largest absolute Gasteiger partial charge is 0.480 e. The number of carbonyl (C=O) groups is 1. The lowest BCUT2D eigenvalue weighted by Gasteiger charge is -1.82. The molecule has 0 radical (unpaired) electrons. The minimum Gasteiger partial charge on any atom is -0.480 e. The van der Waals surface area contributed by atoms with Gasteiger partial charge in [-0.05, 0) is 0 Å². The summed E-state index contributed by atoms with van der Waals surface area (Å²) in [4.78, 5) is 9.57. The summed E-state index contributed by atoms with van der Waals surface area (Å²) in [6.07, 6.45) is 0. The number of hydrogen-bond donors (Lipinski definition) is 2. The van der Waals surface area contributed by atoms with Crippen molar-refractivity contribution < 1.29 is 19.0 Å². The van der Waals surface area contributed by atoms with E-state index in [0.29, 0.717) is 0 Å². The molecule has 0 bridgehead atoms. The predicted molar refractivity (Wildman–Crippen MR) is 23.9 cm³/mol. The average Bonchev–Trinajstić information content (AvgIpc) is 1.61. The lowest BCUT2D eigenvalue weighted by molar-refractivity contribution is -0.135. The second kappa shape index (κ2) is 3.35. The van der Waals surface area contributed by atoms with Crippen LogP contribution in [0.1, 0.15) is 0 Å². The number of carboxylic acids is 1. The van der Waals surface area contributed by atoms with Crippen molar-refractivity contribution in [3.63, 3.8) is 0 Å². The molecule has 0 unspecified atom stereocenters. The highest BCUT2D eigenvalue weighted by Gasteiger charge is 1.95. The van der Waals surface area contributed by atoms with E-state index in [4.69, 9.17) is 5.11 Å². The van der Waals surface area contributed by atoms with E-state index in [-0.39, 0.29) is 0 Å². The Morgan fingerprint density at radius 2 is 2.12 bits per heavy atom. The summed E-state index contributed by atoms with van der Waals surface area (Å²) in [6.45, 7) is -0.543. The van der Waals surface area contributed by atoms with Crippen LogP contribution in [-0.4, -0.2) is 17.6 Å². The van der Waals surface area contributed by atoms with Crippen molar-refractivity contribution in [3.05, 3.63) is 0 Å². The second-order valence-electron chi connectivity index (χ2n) is 0.986. The molecule has 0 fully saturated rings. The summed E-state index contributed by atoms with van der Waals surface area (Å²) in [6, 6.07) is 0. The molecular formula is C2H4NO4P. The van der Waals surface area contributed by atoms with Crippen LogP contribution in [0.4, 0.5) is 0 Å². The Kier molecular flexibility index (Phi) is 3.07. The first kappa shape index (κ1) is 7.33. The third kappa shape index (κ3) is 5.33. The van der Waals surface area contributed by atoms with Gasteiger partial charge in [0.25, 0.3) is 0 Å². The van der Waals surface area contributed by atoms with Crippen LogP contribution in [0, 0.1) is 0 Å². The summed E-state index contributed by atoms with van der Waals surface area (Å²) in [5.74, 6) is -1.19. The van der Waals surface area contributed by atoms with Crippen molar-refractivity contribution in [2.45, 2.75) is 0 Å². The van der Waals surface area contributed by atoms with E-state index in [0.717, 1.165) is 0 Å². The molecule has 0 heterocycles. The predicted octanol–water partition coefficient (Wildman–Crippen LogP) is -0.252. The van der Waals surface area contributed by atoms with E-state index in [9.17, 15) is 13.9 Å². The molecule has 6 heteroatoms. The van der Waals surface area contributed by atoms with E-state index < -0.39 is 20.3 Å². The van der Waals surface area contributed by atoms with E-state index in [2.05, 4.69) is 0 Å². The summed E-state index contributed by atoms with van der Waals surface area (Å²) in [7, 11) is -2.76. The minimum atomic E-state index is -2.76.